The van der Waals surface area contributed by atoms with Crippen molar-refractivity contribution in [1.29, 1.82) is 0 Å². The third-order valence-electron chi connectivity index (χ3n) is 3.14. The maximum Gasteiger partial charge on any atom is 0.217 e. The number of hydrogen-bond acceptors (Lipinski definition) is 4. The molecule has 2 aromatic heterocycles. The van der Waals surface area contributed by atoms with Crippen LogP contribution < -0.4 is 5.73 Å². The number of nitrogens with zero attached hydrogens (tertiary/aromatic N) is 3. The maximum absolute atomic E-state index is 6.04. The molecule has 2 N–H and O–H groups in total. The van der Waals surface area contributed by atoms with Crippen LogP contribution in [0, 0.1) is 0 Å². The summed E-state index contributed by atoms with van der Waals surface area (Å²) in [6.07, 6.45) is 0. The van der Waals surface area contributed by atoms with E-state index >= 15 is 0 Å². The number of halogens is 1. The highest BCUT2D eigenvalue weighted by Crippen LogP contribution is 2.31. The van der Waals surface area contributed by atoms with E-state index in [-0.39, 0.29) is 0 Å². The van der Waals surface area contributed by atoms with Gasteiger partial charge in [-0.1, -0.05) is 35.1 Å². The van der Waals surface area contributed by atoms with Gasteiger partial charge >= 0.3 is 0 Å². The number of fused-ring (bicyclic) bond motifs is 3. The molecule has 0 saturated heterocycles. The Morgan fingerprint density at radius 2 is 2.00 bits per heavy atom. The average Bonchev–Trinajstić information content (AvgIpc) is 2.96. The first-order valence-electron chi connectivity index (χ1n) is 6.01. The summed E-state index contributed by atoms with van der Waals surface area (Å²) in [6, 6.07) is 13.4. The minimum Gasteiger partial charge on any atom is -0.399 e. The molecule has 0 saturated carbocycles. The third-order valence-corrected chi connectivity index (χ3v) is 4.37. The molecule has 0 spiro atoms. The molecule has 0 fully saturated rings. The molecule has 4 aromatic rings. The van der Waals surface area contributed by atoms with E-state index in [1.54, 1.807) is 11.3 Å². The van der Waals surface area contributed by atoms with Crippen molar-refractivity contribution in [2.45, 2.75) is 0 Å². The molecular weight excluding hydrogens is 292 g/mol. The fourth-order valence-electron chi connectivity index (χ4n) is 2.27. The summed E-state index contributed by atoms with van der Waals surface area (Å²) in [7, 11) is 0. The molecule has 2 heterocycles. The highest BCUT2D eigenvalue weighted by atomic mass is 35.5. The predicted molar refractivity (Wildman–Crippen MR) is 83.2 cm³/mol. The number of nitrogen functional groups attached to an aromatic ring is 1. The van der Waals surface area contributed by atoms with E-state index < -0.39 is 0 Å². The van der Waals surface area contributed by atoms with Gasteiger partial charge in [-0.05, 0) is 30.3 Å². The van der Waals surface area contributed by atoms with Gasteiger partial charge in [-0.15, -0.1) is 10.2 Å². The Morgan fingerprint density at radius 3 is 2.85 bits per heavy atom. The molecular formula is C14H9ClN4S. The van der Waals surface area contributed by atoms with Gasteiger partial charge in [-0.2, -0.15) is 0 Å². The second-order valence-electron chi connectivity index (χ2n) is 4.48. The Balaban J connectivity index is 2.07. The molecule has 0 unspecified atom stereocenters. The zero-order chi connectivity index (χ0) is 13.7. The van der Waals surface area contributed by atoms with E-state index in [0.717, 1.165) is 31.6 Å². The van der Waals surface area contributed by atoms with Crippen molar-refractivity contribution in [3.05, 3.63) is 47.5 Å². The van der Waals surface area contributed by atoms with Crippen LogP contribution in [-0.2, 0) is 0 Å². The molecule has 6 heteroatoms. The Kier molecular flexibility index (Phi) is 2.45. The molecule has 0 aliphatic rings. The minimum atomic E-state index is 0.710. The second-order valence-corrected chi connectivity index (χ2v) is 5.93. The van der Waals surface area contributed by atoms with Gasteiger partial charge in [0.15, 0.2) is 5.82 Å². The fraction of sp³-hybridized carbons (Fsp3) is 0. The summed E-state index contributed by atoms with van der Waals surface area (Å²) in [6.45, 7) is 0. The Bertz CT molecular complexity index is 941. The van der Waals surface area contributed by atoms with Crippen LogP contribution in [0.5, 0.6) is 0 Å². The standard InChI is InChI=1S/C14H9ClN4S/c15-9-4-5-11-12(7-9)20-14-18-17-13(19(11)14)8-2-1-3-10(16)6-8/h1-7H,16H2. The maximum atomic E-state index is 6.04. The zero-order valence-corrected chi connectivity index (χ0v) is 11.8. The van der Waals surface area contributed by atoms with Crippen molar-refractivity contribution in [1.82, 2.24) is 14.6 Å². The lowest BCUT2D eigenvalue weighted by Gasteiger charge is -2.00. The molecule has 0 bridgehead atoms. The largest absolute Gasteiger partial charge is 0.399 e. The van der Waals surface area contributed by atoms with Crippen LogP contribution in [0.2, 0.25) is 5.02 Å². The van der Waals surface area contributed by atoms with Gasteiger partial charge < -0.3 is 5.73 Å². The molecule has 0 aliphatic heterocycles. The van der Waals surface area contributed by atoms with Gasteiger partial charge in [0.1, 0.15) is 0 Å². The molecule has 0 amide bonds. The molecule has 0 radical (unpaired) electrons. The number of thiazole rings is 1. The number of aromatic nitrogens is 3. The molecule has 4 nitrogen and oxygen atoms in total. The van der Waals surface area contributed by atoms with Crippen LogP contribution in [0.15, 0.2) is 42.5 Å². The zero-order valence-electron chi connectivity index (χ0n) is 10.2. The first kappa shape index (κ1) is 11.7. The predicted octanol–water partition coefficient (Wildman–Crippen LogP) is 3.85. The lowest BCUT2D eigenvalue weighted by atomic mass is 10.2. The molecule has 2 aromatic carbocycles. The smallest absolute Gasteiger partial charge is 0.217 e. The van der Waals surface area contributed by atoms with Crippen molar-refractivity contribution in [3.63, 3.8) is 0 Å². The van der Waals surface area contributed by atoms with Gasteiger partial charge in [0.25, 0.3) is 0 Å². The summed E-state index contributed by atoms with van der Waals surface area (Å²) in [5.74, 6) is 0.792. The summed E-state index contributed by atoms with van der Waals surface area (Å²) in [4.78, 5) is 0.847. The summed E-state index contributed by atoms with van der Waals surface area (Å²) in [5.41, 5.74) is 8.56. The van der Waals surface area contributed by atoms with Crippen molar-refractivity contribution >= 4 is 43.8 Å². The van der Waals surface area contributed by atoms with Gasteiger partial charge in [0.05, 0.1) is 10.2 Å². The lowest BCUT2D eigenvalue weighted by molar-refractivity contribution is 1.12. The second kappa shape index (κ2) is 4.19. The number of hydrogen-bond donors (Lipinski definition) is 1. The molecule has 4 rings (SSSR count). The van der Waals surface area contributed by atoms with Crippen molar-refractivity contribution < 1.29 is 0 Å². The quantitative estimate of drug-likeness (QED) is 0.543. The van der Waals surface area contributed by atoms with E-state index in [1.165, 1.54) is 0 Å². The van der Waals surface area contributed by atoms with E-state index in [0.29, 0.717) is 5.69 Å². The highest BCUT2D eigenvalue weighted by Gasteiger charge is 2.14. The van der Waals surface area contributed by atoms with E-state index in [2.05, 4.69) is 10.2 Å². The monoisotopic (exact) mass is 300 g/mol. The van der Waals surface area contributed by atoms with Crippen LogP contribution in [0.1, 0.15) is 0 Å². The normalized spacial score (nSPS) is 11.4. The van der Waals surface area contributed by atoms with Gasteiger partial charge in [-0.3, -0.25) is 4.40 Å². The Hall–Kier alpha value is -2.11. The molecule has 20 heavy (non-hydrogen) atoms. The summed E-state index contributed by atoms with van der Waals surface area (Å²) in [5, 5.41) is 9.24. The van der Waals surface area contributed by atoms with E-state index in [1.807, 2.05) is 46.9 Å². The lowest BCUT2D eigenvalue weighted by Crippen LogP contribution is -1.90. The number of nitrogens with two attached hydrogens (primary N) is 1. The first-order valence-corrected chi connectivity index (χ1v) is 7.21. The molecule has 0 atom stereocenters. The van der Waals surface area contributed by atoms with Gasteiger partial charge in [0, 0.05) is 16.3 Å². The number of rotatable bonds is 1. The Morgan fingerprint density at radius 1 is 1.10 bits per heavy atom. The number of anilines is 1. The third kappa shape index (κ3) is 1.67. The van der Waals surface area contributed by atoms with E-state index in [4.69, 9.17) is 17.3 Å². The van der Waals surface area contributed by atoms with Crippen LogP contribution in [-0.4, -0.2) is 14.6 Å². The van der Waals surface area contributed by atoms with Crippen LogP contribution >= 0.6 is 22.9 Å². The van der Waals surface area contributed by atoms with Crippen LogP contribution in [0.4, 0.5) is 5.69 Å². The topological polar surface area (TPSA) is 56.2 Å². The minimum absolute atomic E-state index is 0.710. The van der Waals surface area contributed by atoms with Gasteiger partial charge in [0.2, 0.25) is 4.96 Å². The van der Waals surface area contributed by atoms with E-state index in [9.17, 15) is 0 Å². The van der Waals surface area contributed by atoms with Crippen molar-refractivity contribution in [2.75, 3.05) is 5.73 Å². The highest BCUT2D eigenvalue weighted by molar-refractivity contribution is 7.23. The SMILES string of the molecule is Nc1cccc(-c2nnc3sc4cc(Cl)ccc4n23)c1. The summed E-state index contributed by atoms with van der Waals surface area (Å²) < 4.78 is 3.12. The van der Waals surface area contributed by atoms with Gasteiger partial charge in [-0.25, -0.2) is 0 Å². The van der Waals surface area contributed by atoms with Crippen molar-refractivity contribution in [3.8, 4) is 11.4 Å². The van der Waals surface area contributed by atoms with Crippen LogP contribution in [0.3, 0.4) is 0 Å². The number of benzene rings is 2. The summed E-state index contributed by atoms with van der Waals surface area (Å²) >= 11 is 7.60. The molecule has 0 aliphatic carbocycles. The first-order chi connectivity index (χ1) is 9.72. The Labute approximate surface area is 123 Å². The molecule has 98 valence electrons. The fourth-order valence-corrected chi connectivity index (χ4v) is 3.51. The van der Waals surface area contributed by atoms with Crippen molar-refractivity contribution in [2.24, 2.45) is 0 Å². The average molecular weight is 301 g/mol. The van der Waals surface area contributed by atoms with Crippen LogP contribution in [0.25, 0.3) is 26.6 Å².